The van der Waals surface area contributed by atoms with Crippen molar-refractivity contribution in [2.24, 2.45) is 22.9 Å². The number of aliphatic hydroxyl groups is 2. The lowest BCUT2D eigenvalue weighted by Crippen LogP contribution is -2.70. The zero-order valence-electron chi connectivity index (χ0n) is 44.3. The van der Waals surface area contributed by atoms with E-state index in [0.29, 0.717) is 74.5 Å². The number of ether oxygens (including phenoxy) is 5. The summed E-state index contributed by atoms with van der Waals surface area (Å²) in [6.07, 6.45) is 19.9. The maximum Gasteiger partial charge on any atom is 0.416 e. The molecule has 3 N–H and O–H groups in total. The molecular formula is C59H79FN4O12. The third-order valence-corrected chi connectivity index (χ3v) is 15.2. The number of allylic oxidation sites excluding steroid dienone is 1. The van der Waals surface area contributed by atoms with Gasteiger partial charge in [-0.1, -0.05) is 107 Å². The molecule has 17 heteroatoms. The van der Waals surface area contributed by atoms with Gasteiger partial charge in [-0.05, 0) is 110 Å². The van der Waals surface area contributed by atoms with Crippen molar-refractivity contribution in [1.29, 1.82) is 0 Å². The number of oxime groups is 1. The molecule has 7 rings (SSSR count). The topological polar surface area (TPSA) is 201 Å². The van der Waals surface area contributed by atoms with E-state index in [4.69, 9.17) is 33.7 Å². The molecule has 0 radical (unpaired) electrons. The molecule has 1 saturated heterocycles. The number of fused-ring (bicyclic) bond motifs is 2. The van der Waals surface area contributed by atoms with Gasteiger partial charge < -0.3 is 44.1 Å². The average molecular weight is 1060 g/mol. The fourth-order valence-electron chi connectivity index (χ4n) is 11.5. The van der Waals surface area contributed by atoms with Gasteiger partial charge in [0.25, 0.3) is 5.69 Å². The van der Waals surface area contributed by atoms with E-state index in [9.17, 15) is 29.5 Å². The molecule has 2 aliphatic heterocycles. The number of carbonyl (C=O) groups is 2. The largest absolute Gasteiger partial charge is 0.459 e. The quantitative estimate of drug-likeness (QED) is 0.0247. The number of nitrogens with zero attached hydrogens (tertiary/aromatic N) is 3. The predicted octanol–water partition coefficient (Wildman–Crippen LogP) is 12.6. The Balaban J connectivity index is 1.31. The van der Waals surface area contributed by atoms with Crippen LogP contribution in [-0.2, 0) is 20.9 Å². The number of nitro benzene ring substituents is 1. The molecule has 4 aliphatic rings. The summed E-state index contributed by atoms with van der Waals surface area (Å²) in [6.45, 7) is 7.14. The third kappa shape index (κ3) is 15.4. The Morgan fingerprint density at radius 3 is 2.26 bits per heavy atom. The van der Waals surface area contributed by atoms with Gasteiger partial charge in [0.2, 0.25) is 12.1 Å². The molecule has 0 spiro atoms. The number of nitrogens with one attached hydrogen (secondary N) is 1. The van der Waals surface area contributed by atoms with Gasteiger partial charge in [-0.15, -0.1) is 6.58 Å². The zero-order chi connectivity index (χ0) is 53.7. The fourth-order valence-corrected chi connectivity index (χ4v) is 11.5. The lowest BCUT2D eigenvalue weighted by atomic mass is 9.55. The first-order chi connectivity index (χ1) is 37.1. The number of non-ortho nitro benzene ring substituents is 1. The van der Waals surface area contributed by atoms with Crippen LogP contribution < -0.4 is 19.5 Å². The number of carbonyl (C=O) groups excluding carboxylic acids is 2. The van der Waals surface area contributed by atoms with Gasteiger partial charge >= 0.3 is 12.2 Å². The monoisotopic (exact) mass is 1050 g/mol. The highest BCUT2D eigenvalue weighted by atomic mass is 19.1. The second-order valence-corrected chi connectivity index (χ2v) is 20.5. The van der Waals surface area contributed by atoms with Crippen LogP contribution in [0.4, 0.5) is 19.7 Å². The number of aliphatic hydroxyl groups excluding tert-OH is 2. The van der Waals surface area contributed by atoms with E-state index in [1.807, 2.05) is 6.07 Å². The third-order valence-electron chi connectivity index (χ3n) is 15.2. The fraction of sp³-hybridized carbons (Fsp3) is 0.576. The number of benzene rings is 3. The molecule has 0 aromatic heterocycles. The van der Waals surface area contributed by atoms with Gasteiger partial charge in [0, 0.05) is 62.8 Å². The molecule has 16 nitrogen and oxygen atoms in total. The van der Waals surface area contributed by atoms with Gasteiger partial charge in [-0.3, -0.25) is 15.0 Å². The Morgan fingerprint density at radius 1 is 0.895 bits per heavy atom. The SMILES string of the molecule is C=CCOC12Oc3ccc(OC(=O)NCCCCCCCCCCCC)cc3C3C(CCCCO)C(CCCCO)C=C(C(=NOC4CCCCO4)CC1N(Cc1ccc(F)cc1)C(=O)Oc1ccc([N+](=O)[O-])cc1)C32. The lowest BCUT2D eigenvalue weighted by Gasteiger charge is -2.59. The summed E-state index contributed by atoms with van der Waals surface area (Å²) in [5, 5.41) is 39.6. The van der Waals surface area contributed by atoms with Gasteiger partial charge in [0.05, 0.1) is 29.8 Å². The van der Waals surface area contributed by atoms with Crippen molar-refractivity contribution in [3.05, 3.63) is 118 Å². The highest BCUT2D eigenvalue weighted by Gasteiger charge is 2.66. The van der Waals surface area contributed by atoms with Gasteiger partial charge in [-0.2, -0.15) is 0 Å². The minimum absolute atomic E-state index is 0.00403. The van der Waals surface area contributed by atoms with Crippen molar-refractivity contribution in [3.8, 4) is 17.2 Å². The number of rotatable bonds is 30. The minimum atomic E-state index is -1.70. The first-order valence-corrected chi connectivity index (χ1v) is 27.9. The number of amides is 2. The van der Waals surface area contributed by atoms with Crippen LogP contribution in [0.3, 0.4) is 0 Å². The molecule has 414 valence electrons. The maximum absolute atomic E-state index is 15.1. The Labute approximate surface area is 447 Å². The van der Waals surface area contributed by atoms with Crippen LogP contribution in [-0.4, -0.2) is 89.0 Å². The average Bonchev–Trinajstić information content (AvgIpc) is 3.62. The number of unbranched alkanes of at least 4 members (excludes halogenated alkanes) is 11. The van der Waals surface area contributed by atoms with Crippen LogP contribution in [0.5, 0.6) is 17.2 Å². The van der Waals surface area contributed by atoms with Crippen molar-refractivity contribution in [2.75, 3.05) is 33.0 Å². The molecule has 7 atom stereocenters. The molecule has 7 unspecified atom stereocenters. The van der Waals surface area contributed by atoms with Crippen molar-refractivity contribution in [3.63, 3.8) is 0 Å². The first-order valence-electron chi connectivity index (χ1n) is 27.9. The lowest BCUT2D eigenvalue weighted by molar-refractivity contribution is -0.384. The molecule has 2 fully saturated rings. The summed E-state index contributed by atoms with van der Waals surface area (Å²) < 4.78 is 47.1. The summed E-state index contributed by atoms with van der Waals surface area (Å²) >= 11 is 0. The Kier molecular flexibility index (Phi) is 22.5. The summed E-state index contributed by atoms with van der Waals surface area (Å²) in [4.78, 5) is 47.4. The minimum Gasteiger partial charge on any atom is -0.459 e. The number of nitro groups is 1. The van der Waals surface area contributed by atoms with E-state index in [1.165, 1.54) is 86.2 Å². The Morgan fingerprint density at radius 2 is 1.59 bits per heavy atom. The highest BCUT2D eigenvalue weighted by molar-refractivity contribution is 6.03. The van der Waals surface area contributed by atoms with E-state index < -0.39 is 52.9 Å². The summed E-state index contributed by atoms with van der Waals surface area (Å²) in [5.41, 5.74) is 2.43. The molecule has 1 saturated carbocycles. The number of hydrogen-bond acceptors (Lipinski definition) is 13. The molecule has 3 aromatic rings. The smallest absolute Gasteiger partial charge is 0.416 e. The van der Waals surface area contributed by atoms with E-state index in [2.05, 4.69) is 24.9 Å². The van der Waals surface area contributed by atoms with Gasteiger partial charge in [-0.25, -0.2) is 14.0 Å². The zero-order valence-corrected chi connectivity index (χ0v) is 44.3. The molecular weight excluding hydrogens is 976 g/mol. The molecule has 76 heavy (non-hydrogen) atoms. The first kappa shape index (κ1) is 57.8. The van der Waals surface area contributed by atoms with Crippen LogP contribution >= 0.6 is 0 Å². The summed E-state index contributed by atoms with van der Waals surface area (Å²) in [7, 11) is 0. The standard InChI is InChI=1S/C59H79FN4O12/c1-3-5-6-7-8-9-10-11-12-16-33-61-57(67)73-47-31-32-52-50(39-47)55-48(21-14-18-35-66)43(20-13-17-34-65)38-49-51(62-76-54-22-15-19-37-71-54)40-53(59(75-52,56(49)55)72-36-4-2)63(41-42-23-25-44(60)26-24-42)58(68)74-46-29-27-45(28-30-46)64(69)70/h4,23-32,38-39,43,48,53-56,65-66H,2-3,5-22,33-37,40-41H2,1H3,(H,61,67). The number of halogens is 1. The van der Waals surface area contributed by atoms with Crippen LogP contribution in [0.1, 0.15) is 152 Å². The van der Waals surface area contributed by atoms with E-state index in [0.717, 1.165) is 49.7 Å². The van der Waals surface area contributed by atoms with E-state index in [-0.39, 0.29) is 56.1 Å². The van der Waals surface area contributed by atoms with Crippen molar-refractivity contribution in [2.45, 2.75) is 166 Å². The highest BCUT2D eigenvalue weighted by Crippen LogP contribution is 2.62. The van der Waals surface area contributed by atoms with Crippen LogP contribution in [0.15, 0.2) is 96.2 Å². The molecule has 3 aromatic carbocycles. The van der Waals surface area contributed by atoms with Crippen molar-refractivity contribution < 1.29 is 57.6 Å². The normalized spacial score (nSPS) is 23.1. The second kappa shape index (κ2) is 29.6. The molecule has 2 aliphatic carbocycles. The summed E-state index contributed by atoms with van der Waals surface area (Å²) in [5.74, 6) is -2.74. The Bertz CT molecular complexity index is 2400. The van der Waals surface area contributed by atoms with Crippen LogP contribution in [0, 0.1) is 33.7 Å². The van der Waals surface area contributed by atoms with Crippen molar-refractivity contribution in [1.82, 2.24) is 10.2 Å². The Hall–Kier alpha value is -5.88. The van der Waals surface area contributed by atoms with Crippen LogP contribution in [0.25, 0.3) is 0 Å². The van der Waals surface area contributed by atoms with E-state index in [1.54, 1.807) is 30.3 Å². The predicted molar refractivity (Wildman–Crippen MR) is 287 cm³/mol. The van der Waals surface area contributed by atoms with Gasteiger partial charge in [0.1, 0.15) is 29.1 Å². The van der Waals surface area contributed by atoms with E-state index >= 15 is 4.79 Å². The molecule has 2 amide bonds. The van der Waals surface area contributed by atoms with Gasteiger partial charge in [0.15, 0.2) is 0 Å². The van der Waals surface area contributed by atoms with Crippen molar-refractivity contribution >= 4 is 23.6 Å². The van der Waals surface area contributed by atoms with Crippen LogP contribution in [0.2, 0.25) is 0 Å². The molecule has 0 bridgehead atoms. The second-order valence-electron chi connectivity index (χ2n) is 20.5. The maximum atomic E-state index is 15.1. The molecule has 2 heterocycles. The summed E-state index contributed by atoms with van der Waals surface area (Å²) in [6, 6.07) is 15.2. The number of hydrogen-bond donors (Lipinski definition) is 3.